The van der Waals surface area contributed by atoms with Crippen molar-refractivity contribution in [1.82, 2.24) is 15.2 Å². The maximum Gasteiger partial charge on any atom is 0.279 e. The summed E-state index contributed by atoms with van der Waals surface area (Å²) in [6.07, 6.45) is 2.91. The van der Waals surface area contributed by atoms with Crippen molar-refractivity contribution >= 4 is 32.6 Å². The first-order chi connectivity index (χ1) is 16.8. The van der Waals surface area contributed by atoms with Crippen LogP contribution in [0.15, 0.2) is 71.6 Å². The van der Waals surface area contributed by atoms with Gasteiger partial charge in [0.2, 0.25) is 10.0 Å². The van der Waals surface area contributed by atoms with E-state index in [0.29, 0.717) is 18.8 Å². The van der Waals surface area contributed by atoms with Gasteiger partial charge in [-0.3, -0.25) is 20.4 Å². The number of fused-ring (bicyclic) bond motifs is 1. The van der Waals surface area contributed by atoms with E-state index in [0.717, 1.165) is 36.5 Å². The van der Waals surface area contributed by atoms with E-state index < -0.39 is 27.9 Å². The summed E-state index contributed by atoms with van der Waals surface area (Å²) in [4.78, 5) is 25.0. The predicted octanol–water partition coefficient (Wildman–Crippen LogP) is 3.63. The zero-order chi connectivity index (χ0) is 24.8. The summed E-state index contributed by atoms with van der Waals surface area (Å²) in [5, 5.41) is 2.06. The first kappa shape index (κ1) is 24.7. The molecule has 9 heteroatoms. The molecule has 3 aromatic rings. The third-order valence-electron chi connectivity index (χ3n) is 6.02. The minimum absolute atomic E-state index is 0.150. The molecule has 1 atom stereocenters. The zero-order valence-corrected chi connectivity index (χ0v) is 20.4. The number of amides is 2. The summed E-state index contributed by atoms with van der Waals surface area (Å²) < 4.78 is 33.0. The Morgan fingerprint density at radius 1 is 0.857 bits per heavy atom. The van der Waals surface area contributed by atoms with Crippen LogP contribution in [-0.2, 0) is 14.8 Å². The lowest BCUT2D eigenvalue weighted by Gasteiger charge is -2.20. The molecule has 1 aliphatic rings. The topological polar surface area (TPSA) is 105 Å². The van der Waals surface area contributed by atoms with Gasteiger partial charge in [-0.1, -0.05) is 43.2 Å². The highest BCUT2D eigenvalue weighted by Crippen LogP contribution is 2.22. The summed E-state index contributed by atoms with van der Waals surface area (Å²) in [7, 11) is -3.59. The average molecular weight is 496 g/mol. The quantitative estimate of drug-likeness (QED) is 0.508. The lowest BCUT2D eigenvalue weighted by atomic mass is 10.1. The van der Waals surface area contributed by atoms with E-state index >= 15 is 0 Å². The van der Waals surface area contributed by atoms with Gasteiger partial charge in [-0.15, -0.1) is 0 Å². The molecule has 1 saturated heterocycles. The first-order valence-electron chi connectivity index (χ1n) is 11.7. The number of benzene rings is 3. The highest BCUT2D eigenvalue weighted by atomic mass is 32.2. The number of carbonyl (C=O) groups is 2. The number of ether oxygens (including phenoxy) is 1. The van der Waals surface area contributed by atoms with Gasteiger partial charge in [0, 0.05) is 18.7 Å². The Bertz CT molecular complexity index is 1300. The van der Waals surface area contributed by atoms with Crippen molar-refractivity contribution < 1.29 is 22.7 Å². The van der Waals surface area contributed by atoms with Gasteiger partial charge >= 0.3 is 0 Å². The molecule has 3 aromatic carbocycles. The van der Waals surface area contributed by atoms with Crippen LogP contribution in [0.25, 0.3) is 10.8 Å². The van der Waals surface area contributed by atoms with Crippen LogP contribution >= 0.6 is 0 Å². The molecule has 0 aromatic heterocycles. The van der Waals surface area contributed by atoms with Gasteiger partial charge in [-0.2, -0.15) is 4.31 Å². The molecule has 1 unspecified atom stereocenters. The molecule has 0 spiro atoms. The smallest absolute Gasteiger partial charge is 0.279 e. The molecule has 1 aliphatic heterocycles. The third kappa shape index (κ3) is 5.98. The monoisotopic (exact) mass is 495 g/mol. The average Bonchev–Trinajstić information content (AvgIpc) is 3.17. The highest BCUT2D eigenvalue weighted by molar-refractivity contribution is 7.89. The van der Waals surface area contributed by atoms with Gasteiger partial charge in [0.05, 0.1) is 4.90 Å². The lowest BCUT2D eigenvalue weighted by molar-refractivity contribution is -0.128. The van der Waals surface area contributed by atoms with Gasteiger partial charge in [0.25, 0.3) is 11.8 Å². The number of rotatable bonds is 6. The SMILES string of the molecule is CC(Oc1ccc2ccccc2c1)C(=O)NNC(=O)c1ccc(S(=O)(=O)N2CCCCCC2)cc1. The highest BCUT2D eigenvalue weighted by Gasteiger charge is 2.25. The molecule has 4 rings (SSSR count). The Hall–Kier alpha value is -3.43. The maximum atomic E-state index is 12.9. The lowest BCUT2D eigenvalue weighted by Crippen LogP contribution is -2.47. The number of sulfonamides is 1. The van der Waals surface area contributed by atoms with Crippen molar-refractivity contribution in [3.8, 4) is 5.75 Å². The van der Waals surface area contributed by atoms with E-state index in [4.69, 9.17) is 4.74 Å². The molecular formula is C26H29N3O5S. The van der Waals surface area contributed by atoms with Gasteiger partial charge in [-0.25, -0.2) is 8.42 Å². The van der Waals surface area contributed by atoms with Crippen molar-refractivity contribution in [2.75, 3.05) is 13.1 Å². The number of hydrazine groups is 1. The van der Waals surface area contributed by atoms with Crippen LogP contribution in [0.4, 0.5) is 0 Å². The fourth-order valence-corrected chi connectivity index (χ4v) is 5.52. The second-order valence-corrected chi connectivity index (χ2v) is 10.5. The molecule has 0 aliphatic carbocycles. The maximum absolute atomic E-state index is 12.9. The Balaban J connectivity index is 1.32. The van der Waals surface area contributed by atoms with Gasteiger partial charge < -0.3 is 4.74 Å². The summed E-state index contributed by atoms with van der Waals surface area (Å²) >= 11 is 0. The van der Waals surface area contributed by atoms with Crippen molar-refractivity contribution in [3.63, 3.8) is 0 Å². The minimum atomic E-state index is -3.59. The Labute approximate surface area is 205 Å². The van der Waals surface area contributed by atoms with E-state index in [1.807, 2.05) is 36.4 Å². The second kappa shape index (κ2) is 10.9. The molecule has 0 saturated carbocycles. The minimum Gasteiger partial charge on any atom is -0.481 e. The van der Waals surface area contributed by atoms with E-state index in [-0.39, 0.29) is 10.5 Å². The summed E-state index contributed by atoms with van der Waals surface area (Å²) in [6.45, 7) is 2.60. The normalized spacial score (nSPS) is 15.7. The number of hydrogen-bond acceptors (Lipinski definition) is 5. The van der Waals surface area contributed by atoms with Crippen LogP contribution in [0.2, 0.25) is 0 Å². The molecule has 0 bridgehead atoms. The molecule has 0 radical (unpaired) electrons. The molecule has 184 valence electrons. The van der Waals surface area contributed by atoms with Crippen molar-refractivity contribution in [1.29, 1.82) is 0 Å². The first-order valence-corrected chi connectivity index (χ1v) is 13.1. The largest absolute Gasteiger partial charge is 0.481 e. The van der Waals surface area contributed by atoms with Crippen LogP contribution in [0, 0.1) is 0 Å². The Morgan fingerprint density at radius 3 is 2.20 bits per heavy atom. The Morgan fingerprint density at radius 2 is 1.51 bits per heavy atom. The van der Waals surface area contributed by atoms with Crippen molar-refractivity contribution in [3.05, 3.63) is 72.3 Å². The van der Waals surface area contributed by atoms with Crippen LogP contribution in [-0.4, -0.2) is 43.7 Å². The van der Waals surface area contributed by atoms with Gasteiger partial charge in [-0.05, 0) is 66.9 Å². The van der Waals surface area contributed by atoms with Crippen molar-refractivity contribution in [2.45, 2.75) is 43.6 Å². The third-order valence-corrected chi connectivity index (χ3v) is 7.93. The summed E-state index contributed by atoms with van der Waals surface area (Å²) in [5.74, 6) is -0.541. The molecular weight excluding hydrogens is 466 g/mol. The molecule has 35 heavy (non-hydrogen) atoms. The Kier molecular flexibility index (Phi) is 7.67. The van der Waals surface area contributed by atoms with Crippen LogP contribution in [0.1, 0.15) is 43.0 Å². The standard InChI is InChI=1S/C26H29N3O5S/c1-19(34-23-13-10-20-8-4-5-9-22(20)18-23)25(30)27-28-26(31)21-11-14-24(15-12-21)35(32,33)29-16-6-2-3-7-17-29/h4-5,8-15,18-19H,2-3,6-7,16-17H2,1H3,(H,27,30)(H,28,31). The molecule has 2 amide bonds. The second-order valence-electron chi connectivity index (χ2n) is 8.56. The zero-order valence-electron chi connectivity index (χ0n) is 19.6. The van der Waals surface area contributed by atoms with Crippen LogP contribution in [0.5, 0.6) is 5.75 Å². The number of hydrogen-bond donors (Lipinski definition) is 2. The summed E-state index contributed by atoms with van der Waals surface area (Å²) in [5.41, 5.74) is 4.92. The molecule has 8 nitrogen and oxygen atoms in total. The van der Waals surface area contributed by atoms with Gasteiger partial charge in [0.1, 0.15) is 5.75 Å². The summed E-state index contributed by atoms with van der Waals surface area (Å²) in [6, 6.07) is 19.1. The molecule has 1 fully saturated rings. The van der Waals surface area contributed by atoms with Crippen molar-refractivity contribution in [2.24, 2.45) is 0 Å². The predicted molar refractivity (Wildman–Crippen MR) is 133 cm³/mol. The number of nitrogens with one attached hydrogen (secondary N) is 2. The van der Waals surface area contributed by atoms with E-state index in [1.54, 1.807) is 13.0 Å². The fraction of sp³-hybridized carbons (Fsp3) is 0.308. The van der Waals surface area contributed by atoms with E-state index in [9.17, 15) is 18.0 Å². The number of nitrogens with zero attached hydrogens (tertiary/aromatic N) is 1. The number of carbonyl (C=O) groups excluding carboxylic acids is 2. The molecule has 2 N–H and O–H groups in total. The van der Waals surface area contributed by atoms with Crippen LogP contribution in [0.3, 0.4) is 0 Å². The van der Waals surface area contributed by atoms with Gasteiger partial charge in [0.15, 0.2) is 6.10 Å². The van der Waals surface area contributed by atoms with Crippen LogP contribution < -0.4 is 15.6 Å². The van der Waals surface area contributed by atoms with E-state index in [1.165, 1.54) is 28.6 Å². The van der Waals surface area contributed by atoms with E-state index in [2.05, 4.69) is 10.9 Å². The fourth-order valence-electron chi connectivity index (χ4n) is 4.00. The molecule has 1 heterocycles.